The highest BCUT2D eigenvalue weighted by atomic mass is 35.5. The zero-order valence-corrected chi connectivity index (χ0v) is 13.2. The van der Waals surface area contributed by atoms with Crippen LogP contribution in [0.3, 0.4) is 0 Å². The quantitative estimate of drug-likeness (QED) is 0.560. The third-order valence-corrected chi connectivity index (χ3v) is 5.10. The molecule has 0 spiro atoms. The largest absolute Gasteiger partial charge is 0.461 e. The van der Waals surface area contributed by atoms with Gasteiger partial charge in [-0.05, 0) is 60.9 Å². The minimum Gasteiger partial charge on any atom is -0.461 e. The standard InChI is InChI=1S/C20H19ClO/c21-18-9-7-15(8-10-18)16-6-5-14(11-16)12-19-13-17-3-1-2-4-20(17)22-19/h1-4,7-10,13-14,16H,5-6,11-12H2. The zero-order chi connectivity index (χ0) is 14.9. The van der Waals surface area contributed by atoms with Gasteiger partial charge in [0, 0.05) is 16.8 Å². The fourth-order valence-corrected chi connectivity index (χ4v) is 3.85. The van der Waals surface area contributed by atoms with Crippen LogP contribution >= 0.6 is 11.6 Å². The van der Waals surface area contributed by atoms with Gasteiger partial charge in [0.1, 0.15) is 11.3 Å². The molecule has 2 atom stereocenters. The summed E-state index contributed by atoms with van der Waals surface area (Å²) in [5.41, 5.74) is 2.43. The summed E-state index contributed by atoms with van der Waals surface area (Å²) in [6.45, 7) is 0. The van der Waals surface area contributed by atoms with Crippen LogP contribution in [0.2, 0.25) is 5.02 Å². The fraction of sp³-hybridized carbons (Fsp3) is 0.300. The van der Waals surface area contributed by atoms with Crippen molar-refractivity contribution in [3.8, 4) is 0 Å². The van der Waals surface area contributed by atoms with E-state index in [9.17, 15) is 0 Å². The van der Waals surface area contributed by atoms with E-state index in [2.05, 4.69) is 30.3 Å². The number of halogens is 1. The molecule has 0 saturated heterocycles. The van der Waals surface area contributed by atoms with Crippen LogP contribution in [0.25, 0.3) is 11.0 Å². The van der Waals surface area contributed by atoms with Gasteiger partial charge in [-0.25, -0.2) is 0 Å². The van der Waals surface area contributed by atoms with Gasteiger partial charge in [0.05, 0.1) is 0 Å². The lowest BCUT2D eigenvalue weighted by molar-refractivity contribution is 0.459. The highest BCUT2D eigenvalue weighted by Gasteiger charge is 2.26. The summed E-state index contributed by atoms with van der Waals surface area (Å²) in [6.07, 6.45) is 4.86. The number of para-hydroxylation sites is 1. The smallest absolute Gasteiger partial charge is 0.134 e. The predicted molar refractivity (Wildman–Crippen MR) is 91.5 cm³/mol. The Bertz CT molecular complexity index is 739. The first-order valence-electron chi connectivity index (χ1n) is 8.01. The predicted octanol–water partition coefficient (Wildman–Crippen LogP) is 6.21. The van der Waals surface area contributed by atoms with Crippen molar-refractivity contribution in [2.45, 2.75) is 31.6 Å². The van der Waals surface area contributed by atoms with Crippen LogP contribution in [0, 0.1) is 5.92 Å². The summed E-state index contributed by atoms with van der Waals surface area (Å²) in [7, 11) is 0. The normalized spacial score (nSPS) is 21.5. The summed E-state index contributed by atoms with van der Waals surface area (Å²) in [6, 6.07) is 18.8. The van der Waals surface area contributed by atoms with E-state index in [1.165, 1.54) is 30.2 Å². The molecule has 3 aromatic rings. The van der Waals surface area contributed by atoms with E-state index < -0.39 is 0 Å². The van der Waals surface area contributed by atoms with Gasteiger partial charge in [-0.3, -0.25) is 0 Å². The van der Waals surface area contributed by atoms with Crippen LogP contribution in [0.5, 0.6) is 0 Å². The van der Waals surface area contributed by atoms with E-state index >= 15 is 0 Å². The Morgan fingerprint density at radius 3 is 2.64 bits per heavy atom. The maximum atomic E-state index is 5.98. The van der Waals surface area contributed by atoms with Gasteiger partial charge >= 0.3 is 0 Å². The molecule has 2 unspecified atom stereocenters. The van der Waals surface area contributed by atoms with Gasteiger partial charge in [0.2, 0.25) is 0 Å². The van der Waals surface area contributed by atoms with Crippen molar-refractivity contribution in [1.29, 1.82) is 0 Å². The van der Waals surface area contributed by atoms with Gasteiger partial charge in [-0.15, -0.1) is 0 Å². The number of benzene rings is 2. The van der Waals surface area contributed by atoms with Crippen molar-refractivity contribution in [2.24, 2.45) is 5.92 Å². The topological polar surface area (TPSA) is 13.1 Å². The van der Waals surface area contributed by atoms with Crippen molar-refractivity contribution in [2.75, 3.05) is 0 Å². The maximum Gasteiger partial charge on any atom is 0.134 e. The van der Waals surface area contributed by atoms with Crippen LogP contribution in [0.4, 0.5) is 0 Å². The molecule has 0 radical (unpaired) electrons. The van der Waals surface area contributed by atoms with Crippen LogP contribution < -0.4 is 0 Å². The monoisotopic (exact) mass is 310 g/mol. The summed E-state index contributed by atoms with van der Waals surface area (Å²) in [4.78, 5) is 0. The van der Waals surface area contributed by atoms with E-state index in [-0.39, 0.29) is 0 Å². The average Bonchev–Trinajstić information content (AvgIpc) is 3.14. The molecule has 22 heavy (non-hydrogen) atoms. The molecule has 1 heterocycles. The Balaban J connectivity index is 1.45. The number of furan rings is 1. The molecule has 1 nitrogen and oxygen atoms in total. The van der Waals surface area contributed by atoms with Gasteiger partial charge in [0.15, 0.2) is 0 Å². The Labute approximate surface area is 135 Å². The van der Waals surface area contributed by atoms with Crippen molar-refractivity contribution < 1.29 is 4.42 Å². The van der Waals surface area contributed by atoms with Crippen molar-refractivity contribution in [3.63, 3.8) is 0 Å². The van der Waals surface area contributed by atoms with Gasteiger partial charge < -0.3 is 4.42 Å². The molecule has 1 aliphatic carbocycles. The molecular weight excluding hydrogens is 292 g/mol. The lowest BCUT2D eigenvalue weighted by atomic mass is 9.95. The average molecular weight is 311 g/mol. The van der Waals surface area contributed by atoms with E-state index in [0.717, 1.165) is 28.7 Å². The summed E-state index contributed by atoms with van der Waals surface area (Å²) >= 11 is 5.98. The van der Waals surface area contributed by atoms with Crippen molar-refractivity contribution >= 4 is 22.6 Å². The Kier molecular flexibility index (Phi) is 3.67. The first-order valence-corrected chi connectivity index (χ1v) is 8.38. The van der Waals surface area contributed by atoms with Crippen LogP contribution in [0.15, 0.2) is 59.0 Å². The summed E-state index contributed by atoms with van der Waals surface area (Å²) in [5, 5.41) is 2.03. The van der Waals surface area contributed by atoms with Crippen LogP contribution in [-0.2, 0) is 6.42 Å². The molecule has 0 bridgehead atoms. The number of rotatable bonds is 3. The van der Waals surface area contributed by atoms with E-state index in [0.29, 0.717) is 5.92 Å². The van der Waals surface area contributed by atoms with E-state index in [1.54, 1.807) is 0 Å². The summed E-state index contributed by atoms with van der Waals surface area (Å²) in [5.74, 6) is 2.52. The first-order chi connectivity index (χ1) is 10.8. The summed E-state index contributed by atoms with van der Waals surface area (Å²) < 4.78 is 5.97. The molecule has 1 aliphatic rings. The SMILES string of the molecule is Clc1ccc(C2CCC(Cc3cc4ccccc4o3)C2)cc1. The third kappa shape index (κ3) is 2.78. The van der Waals surface area contributed by atoms with Gasteiger partial charge in [-0.1, -0.05) is 41.9 Å². The van der Waals surface area contributed by atoms with E-state index in [4.69, 9.17) is 16.0 Å². The Morgan fingerprint density at radius 1 is 1.00 bits per heavy atom. The fourth-order valence-electron chi connectivity index (χ4n) is 3.72. The molecule has 1 aromatic heterocycles. The minimum absolute atomic E-state index is 0.673. The number of fused-ring (bicyclic) bond motifs is 1. The highest BCUT2D eigenvalue weighted by molar-refractivity contribution is 6.30. The molecule has 1 saturated carbocycles. The third-order valence-electron chi connectivity index (χ3n) is 4.85. The zero-order valence-electron chi connectivity index (χ0n) is 12.5. The van der Waals surface area contributed by atoms with Gasteiger partial charge in [-0.2, -0.15) is 0 Å². The molecule has 2 aromatic carbocycles. The molecule has 0 amide bonds. The second kappa shape index (κ2) is 5.81. The molecular formula is C20H19ClO. The van der Waals surface area contributed by atoms with Gasteiger partial charge in [0.25, 0.3) is 0 Å². The Hall–Kier alpha value is -1.73. The molecule has 1 fully saturated rings. The van der Waals surface area contributed by atoms with Crippen LogP contribution in [0.1, 0.15) is 36.5 Å². The highest BCUT2D eigenvalue weighted by Crippen LogP contribution is 2.40. The molecule has 4 rings (SSSR count). The maximum absolute atomic E-state index is 5.98. The van der Waals surface area contributed by atoms with Crippen molar-refractivity contribution in [3.05, 3.63) is 70.9 Å². The number of hydrogen-bond donors (Lipinski definition) is 0. The van der Waals surface area contributed by atoms with Crippen molar-refractivity contribution in [1.82, 2.24) is 0 Å². The lowest BCUT2D eigenvalue weighted by Gasteiger charge is -2.11. The second-order valence-corrected chi connectivity index (χ2v) is 6.82. The second-order valence-electron chi connectivity index (χ2n) is 6.38. The number of hydrogen-bond acceptors (Lipinski definition) is 1. The molecule has 112 valence electrons. The molecule has 0 aliphatic heterocycles. The van der Waals surface area contributed by atoms with Crippen LogP contribution in [-0.4, -0.2) is 0 Å². The lowest BCUT2D eigenvalue weighted by Crippen LogP contribution is -1.99. The minimum atomic E-state index is 0.673. The van der Waals surface area contributed by atoms with E-state index in [1.807, 2.05) is 24.3 Å². The molecule has 2 heteroatoms. The first kappa shape index (κ1) is 13.9. The Morgan fingerprint density at radius 2 is 1.82 bits per heavy atom. The molecule has 0 N–H and O–H groups in total.